The Hall–Kier alpha value is -2.07. The van der Waals surface area contributed by atoms with Crippen molar-refractivity contribution < 1.29 is 20.1 Å². The topological polar surface area (TPSA) is 77.8 Å². The van der Waals surface area contributed by atoms with E-state index in [1.807, 2.05) is 0 Å². The van der Waals surface area contributed by atoms with Crippen LogP contribution in [0.3, 0.4) is 0 Å². The van der Waals surface area contributed by atoms with Crippen LogP contribution < -0.4 is 0 Å². The molecular weight excluding hydrogens is 220 g/mol. The normalized spacial score (nSPS) is 12.0. The zero-order chi connectivity index (χ0) is 12.8. The quantitative estimate of drug-likeness (QED) is 0.549. The summed E-state index contributed by atoms with van der Waals surface area (Å²) in [5.41, 5.74) is 1.08. The van der Waals surface area contributed by atoms with Crippen LogP contribution in [0.5, 0.6) is 5.75 Å². The lowest BCUT2D eigenvalue weighted by Gasteiger charge is -2.01. The van der Waals surface area contributed by atoms with Crippen molar-refractivity contribution in [1.82, 2.24) is 0 Å². The number of benzene rings is 1. The van der Waals surface area contributed by atoms with E-state index >= 15 is 0 Å². The molecule has 0 radical (unpaired) electrons. The number of ketones is 1. The molecule has 0 aromatic heterocycles. The van der Waals surface area contributed by atoms with Gasteiger partial charge in [0.15, 0.2) is 5.78 Å². The summed E-state index contributed by atoms with van der Waals surface area (Å²) in [4.78, 5) is 11.2. The van der Waals surface area contributed by atoms with Crippen LogP contribution in [-0.2, 0) is 11.4 Å². The lowest BCUT2D eigenvalue weighted by Crippen LogP contribution is -1.88. The first-order valence-electron chi connectivity index (χ1n) is 5.05. The number of rotatable bonds is 4. The van der Waals surface area contributed by atoms with Gasteiger partial charge >= 0.3 is 0 Å². The zero-order valence-electron chi connectivity index (χ0n) is 9.42. The van der Waals surface area contributed by atoms with Crippen molar-refractivity contribution in [2.75, 3.05) is 0 Å². The fourth-order valence-corrected chi connectivity index (χ4v) is 1.27. The summed E-state index contributed by atoms with van der Waals surface area (Å²) >= 11 is 0. The van der Waals surface area contributed by atoms with E-state index in [4.69, 9.17) is 10.2 Å². The van der Waals surface area contributed by atoms with Gasteiger partial charge in [-0.2, -0.15) is 0 Å². The zero-order valence-corrected chi connectivity index (χ0v) is 9.42. The molecule has 0 atom stereocenters. The van der Waals surface area contributed by atoms with Crippen molar-refractivity contribution in [3.63, 3.8) is 0 Å². The number of hydrogen-bond acceptors (Lipinski definition) is 4. The van der Waals surface area contributed by atoms with Gasteiger partial charge in [-0.25, -0.2) is 0 Å². The second-order valence-electron chi connectivity index (χ2n) is 3.57. The van der Waals surface area contributed by atoms with E-state index in [0.29, 0.717) is 11.1 Å². The van der Waals surface area contributed by atoms with Gasteiger partial charge < -0.3 is 15.3 Å². The molecule has 4 heteroatoms. The predicted molar refractivity (Wildman–Crippen MR) is 64.5 cm³/mol. The summed E-state index contributed by atoms with van der Waals surface area (Å²) < 4.78 is 0. The molecule has 0 unspecified atom stereocenters. The molecule has 0 aliphatic carbocycles. The van der Waals surface area contributed by atoms with E-state index in [9.17, 15) is 9.90 Å². The number of carbonyl (C=O) groups excluding carboxylic acids is 1. The summed E-state index contributed by atoms with van der Waals surface area (Å²) in [6.07, 6.45) is 3.94. The molecule has 1 aromatic carbocycles. The largest absolute Gasteiger partial charge is 0.512 e. The lowest BCUT2D eigenvalue weighted by atomic mass is 10.1. The highest BCUT2D eigenvalue weighted by atomic mass is 16.3. The first-order valence-corrected chi connectivity index (χ1v) is 5.05. The Kier molecular flexibility index (Phi) is 4.48. The van der Waals surface area contributed by atoms with Gasteiger partial charge in [-0.1, -0.05) is 12.1 Å². The number of phenols is 1. The average molecular weight is 234 g/mol. The average Bonchev–Trinajstić information content (AvgIpc) is 2.27. The van der Waals surface area contributed by atoms with Crippen molar-refractivity contribution in [2.45, 2.75) is 13.5 Å². The molecule has 0 bridgehead atoms. The third kappa shape index (κ3) is 4.12. The third-order valence-corrected chi connectivity index (χ3v) is 2.07. The van der Waals surface area contributed by atoms with Crippen LogP contribution in [0.1, 0.15) is 18.1 Å². The molecular formula is C13H14O4. The minimum atomic E-state index is -0.330. The monoisotopic (exact) mass is 234 g/mol. The number of aliphatic hydroxyl groups is 2. The van der Waals surface area contributed by atoms with E-state index in [1.165, 1.54) is 19.1 Å². The first-order chi connectivity index (χ1) is 8.02. The van der Waals surface area contributed by atoms with Crippen molar-refractivity contribution in [3.05, 3.63) is 47.2 Å². The molecule has 0 heterocycles. The molecule has 3 N–H and O–H groups in total. The highest BCUT2D eigenvalue weighted by Gasteiger charge is 2.00. The van der Waals surface area contributed by atoms with Crippen molar-refractivity contribution in [1.29, 1.82) is 0 Å². The standard InChI is InChI=1S/C13H14O4/c1-9(15)6-12(16)4-2-10-3-5-13(17)11(7-10)8-14/h2-7,14-15,17H,8H2,1H3/b4-2+,9-6-. The Labute approximate surface area is 99.2 Å². The van der Waals surface area contributed by atoms with Gasteiger partial charge in [0, 0.05) is 11.6 Å². The molecule has 0 aliphatic rings. The highest BCUT2D eigenvalue weighted by Crippen LogP contribution is 2.19. The molecule has 17 heavy (non-hydrogen) atoms. The molecule has 0 spiro atoms. The van der Waals surface area contributed by atoms with E-state index < -0.39 is 0 Å². The highest BCUT2D eigenvalue weighted by molar-refractivity contribution is 6.02. The van der Waals surface area contributed by atoms with Crippen LogP contribution in [0.4, 0.5) is 0 Å². The van der Waals surface area contributed by atoms with Crippen molar-refractivity contribution in [3.8, 4) is 5.75 Å². The van der Waals surface area contributed by atoms with E-state index in [2.05, 4.69) is 0 Å². The Bertz CT molecular complexity index is 468. The Morgan fingerprint density at radius 3 is 2.71 bits per heavy atom. The van der Waals surface area contributed by atoms with Crippen LogP contribution in [0.2, 0.25) is 0 Å². The fourth-order valence-electron chi connectivity index (χ4n) is 1.27. The molecule has 1 aromatic rings. The van der Waals surface area contributed by atoms with Crippen LogP contribution in [0.15, 0.2) is 36.1 Å². The van der Waals surface area contributed by atoms with Gasteiger partial charge in [-0.15, -0.1) is 0 Å². The number of aromatic hydroxyl groups is 1. The minimum absolute atomic E-state index is 0.0158. The van der Waals surface area contributed by atoms with Crippen molar-refractivity contribution >= 4 is 11.9 Å². The summed E-state index contributed by atoms with van der Waals surface area (Å²) in [6.45, 7) is 1.15. The Balaban J connectivity index is 2.85. The van der Waals surface area contributed by atoms with Gasteiger partial charge in [0.1, 0.15) is 5.75 Å². The fraction of sp³-hybridized carbons (Fsp3) is 0.154. The molecule has 4 nitrogen and oxygen atoms in total. The molecule has 1 rings (SSSR count). The first kappa shape index (κ1) is 13.0. The van der Waals surface area contributed by atoms with Gasteiger partial charge in [0.2, 0.25) is 0 Å². The van der Waals surface area contributed by atoms with E-state index in [-0.39, 0.29) is 23.9 Å². The summed E-state index contributed by atoms with van der Waals surface area (Å²) in [5, 5.41) is 27.2. The maximum atomic E-state index is 11.2. The maximum absolute atomic E-state index is 11.2. The van der Waals surface area contributed by atoms with E-state index in [0.717, 1.165) is 6.08 Å². The molecule has 0 saturated heterocycles. The summed E-state index contributed by atoms with van der Waals surface area (Å²) in [6, 6.07) is 4.64. The van der Waals surface area contributed by atoms with Crippen LogP contribution >= 0.6 is 0 Å². The summed E-state index contributed by atoms with van der Waals surface area (Å²) in [7, 11) is 0. The van der Waals surface area contributed by atoms with Gasteiger partial charge in [0.25, 0.3) is 0 Å². The predicted octanol–water partition coefficient (Wildman–Crippen LogP) is 1.93. The molecule has 0 fully saturated rings. The van der Waals surface area contributed by atoms with Crippen LogP contribution in [0.25, 0.3) is 6.08 Å². The molecule has 90 valence electrons. The SMILES string of the molecule is C/C(O)=C/C(=O)/C=C/c1ccc(O)c(CO)c1. The number of aliphatic hydroxyl groups excluding tert-OH is 2. The van der Waals surface area contributed by atoms with Crippen molar-refractivity contribution in [2.24, 2.45) is 0 Å². The molecule has 0 saturated carbocycles. The number of allylic oxidation sites excluding steroid dienone is 3. The minimum Gasteiger partial charge on any atom is -0.512 e. The van der Waals surface area contributed by atoms with Gasteiger partial charge in [0.05, 0.1) is 12.4 Å². The maximum Gasteiger partial charge on any atom is 0.181 e. The van der Waals surface area contributed by atoms with Crippen LogP contribution in [0, 0.1) is 0 Å². The molecule has 0 aliphatic heterocycles. The van der Waals surface area contributed by atoms with Gasteiger partial charge in [-0.3, -0.25) is 4.79 Å². The number of hydrogen-bond donors (Lipinski definition) is 3. The van der Waals surface area contributed by atoms with Crippen LogP contribution in [-0.4, -0.2) is 21.1 Å². The Morgan fingerprint density at radius 2 is 2.12 bits per heavy atom. The second kappa shape index (κ2) is 5.86. The molecule has 0 amide bonds. The summed E-state index contributed by atoms with van der Waals surface area (Å²) in [5.74, 6) is -0.368. The number of carbonyl (C=O) groups is 1. The lowest BCUT2D eigenvalue weighted by molar-refractivity contribution is -0.110. The third-order valence-electron chi connectivity index (χ3n) is 2.07. The van der Waals surface area contributed by atoms with E-state index in [1.54, 1.807) is 18.2 Å². The smallest absolute Gasteiger partial charge is 0.181 e. The second-order valence-corrected chi connectivity index (χ2v) is 3.57. The van der Waals surface area contributed by atoms with Gasteiger partial charge in [-0.05, 0) is 30.7 Å². The Morgan fingerprint density at radius 1 is 1.41 bits per heavy atom.